The van der Waals surface area contributed by atoms with Crippen molar-refractivity contribution in [1.29, 1.82) is 0 Å². The van der Waals surface area contributed by atoms with Gasteiger partial charge in [0.2, 0.25) is 5.91 Å². The van der Waals surface area contributed by atoms with Crippen LogP contribution in [-0.2, 0) is 9.59 Å². The Morgan fingerprint density at radius 1 is 1.00 bits per heavy atom. The molecule has 0 spiro atoms. The van der Waals surface area contributed by atoms with E-state index in [1.165, 1.54) is 19.2 Å². The van der Waals surface area contributed by atoms with E-state index in [-0.39, 0.29) is 29.0 Å². The van der Waals surface area contributed by atoms with Gasteiger partial charge in [-0.2, -0.15) is 0 Å². The zero-order valence-electron chi connectivity index (χ0n) is 18.1. The predicted molar refractivity (Wildman–Crippen MR) is 125 cm³/mol. The minimum absolute atomic E-state index is 0.125. The molecular weight excluding hydrogens is 458 g/mol. The van der Waals surface area contributed by atoms with Crippen molar-refractivity contribution in [3.63, 3.8) is 0 Å². The summed E-state index contributed by atoms with van der Waals surface area (Å²) in [6, 6.07) is 19.7. The van der Waals surface area contributed by atoms with Crippen molar-refractivity contribution in [2.75, 3.05) is 12.0 Å². The van der Waals surface area contributed by atoms with Crippen molar-refractivity contribution < 1.29 is 23.9 Å². The van der Waals surface area contributed by atoms with Crippen LogP contribution in [0.2, 0.25) is 5.02 Å². The van der Waals surface area contributed by atoms with Gasteiger partial charge in [-0.05, 0) is 42.5 Å². The molecule has 1 atom stereocenters. The molecule has 4 rings (SSSR count). The molecule has 1 fully saturated rings. The number of hydrogen-bond donors (Lipinski definition) is 1. The van der Waals surface area contributed by atoms with Crippen molar-refractivity contribution in [3.8, 4) is 5.75 Å². The van der Waals surface area contributed by atoms with Crippen LogP contribution in [0.4, 0.5) is 5.69 Å². The van der Waals surface area contributed by atoms with Gasteiger partial charge in [0.25, 0.3) is 17.7 Å². The number of amides is 4. The fraction of sp³-hybridized carbons (Fsp3) is 0.120. The number of nitrogens with one attached hydrogen (secondary N) is 1. The van der Waals surface area contributed by atoms with Crippen LogP contribution in [0, 0.1) is 0 Å². The quantitative estimate of drug-likeness (QED) is 0.448. The number of benzene rings is 3. The number of hydrogen-bond acceptors (Lipinski definition) is 5. The summed E-state index contributed by atoms with van der Waals surface area (Å²) < 4.78 is 5.28. The molecule has 1 saturated heterocycles. The summed E-state index contributed by atoms with van der Waals surface area (Å²) in [5.41, 5.74) is 3.21. The third kappa shape index (κ3) is 4.49. The molecule has 0 bridgehead atoms. The molecule has 34 heavy (non-hydrogen) atoms. The summed E-state index contributed by atoms with van der Waals surface area (Å²) in [5.74, 6) is -2.23. The Kier molecular flexibility index (Phi) is 6.60. The average Bonchev–Trinajstić information content (AvgIpc) is 3.15. The fourth-order valence-corrected chi connectivity index (χ4v) is 3.87. The summed E-state index contributed by atoms with van der Waals surface area (Å²) in [6.45, 7) is 0. The maximum Gasteiger partial charge on any atom is 0.276 e. The number of ether oxygens (including phenoxy) is 1. The van der Waals surface area contributed by atoms with E-state index in [1.807, 2.05) is 0 Å². The molecule has 9 heteroatoms. The van der Waals surface area contributed by atoms with Gasteiger partial charge in [0.15, 0.2) is 0 Å². The monoisotopic (exact) mass is 477 g/mol. The topological polar surface area (TPSA) is 96.0 Å². The van der Waals surface area contributed by atoms with Crippen LogP contribution >= 0.6 is 11.6 Å². The van der Waals surface area contributed by atoms with E-state index in [9.17, 15) is 19.2 Å². The lowest BCUT2D eigenvalue weighted by molar-refractivity contribution is -0.122. The van der Waals surface area contributed by atoms with E-state index < -0.39 is 29.7 Å². The third-order valence-corrected chi connectivity index (χ3v) is 5.55. The van der Waals surface area contributed by atoms with Crippen LogP contribution in [0.15, 0.2) is 78.9 Å². The SMILES string of the molecule is COc1ccccc1C(=O)N(NC(=O)c1ccccc1)C1CC(=O)N(c2cccc(Cl)c2)C1=O. The molecule has 0 aromatic heterocycles. The van der Waals surface area contributed by atoms with E-state index in [0.717, 1.165) is 9.91 Å². The number of imide groups is 1. The molecule has 172 valence electrons. The number of methoxy groups -OCH3 is 1. The van der Waals surface area contributed by atoms with Gasteiger partial charge in [0.05, 0.1) is 24.8 Å². The van der Waals surface area contributed by atoms with Crippen LogP contribution < -0.4 is 15.1 Å². The van der Waals surface area contributed by atoms with Gasteiger partial charge in [-0.3, -0.25) is 24.6 Å². The molecule has 1 aliphatic rings. The number of carbonyl (C=O) groups excluding carboxylic acids is 4. The normalized spacial score (nSPS) is 15.2. The average molecular weight is 478 g/mol. The van der Waals surface area contributed by atoms with Crippen LogP contribution in [-0.4, -0.2) is 41.8 Å². The van der Waals surface area contributed by atoms with Crippen molar-refractivity contribution in [2.45, 2.75) is 12.5 Å². The lowest BCUT2D eigenvalue weighted by atomic mass is 10.1. The lowest BCUT2D eigenvalue weighted by Gasteiger charge is -2.28. The van der Waals surface area contributed by atoms with E-state index in [2.05, 4.69) is 5.43 Å². The Labute approximate surface area is 200 Å². The number of para-hydroxylation sites is 1. The van der Waals surface area contributed by atoms with Gasteiger partial charge in [0.1, 0.15) is 11.8 Å². The van der Waals surface area contributed by atoms with Gasteiger partial charge in [-0.25, -0.2) is 9.91 Å². The van der Waals surface area contributed by atoms with E-state index in [0.29, 0.717) is 5.02 Å². The minimum Gasteiger partial charge on any atom is -0.496 e. The van der Waals surface area contributed by atoms with Crippen molar-refractivity contribution in [1.82, 2.24) is 10.4 Å². The van der Waals surface area contributed by atoms with E-state index in [4.69, 9.17) is 16.3 Å². The van der Waals surface area contributed by atoms with Gasteiger partial charge < -0.3 is 4.74 Å². The lowest BCUT2D eigenvalue weighted by Crippen LogP contribution is -2.54. The van der Waals surface area contributed by atoms with Crippen LogP contribution in [0.3, 0.4) is 0 Å². The highest BCUT2D eigenvalue weighted by atomic mass is 35.5. The Hall–Kier alpha value is -4.17. The predicted octanol–water partition coefficient (Wildman–Crippen LogP) is 3.47. The first kappa shape index (κ1) is 23.0. The highest BCUT2D eigenvalue weighted by Gasteiger charge is 2.46. The van der Waals surface area contributed by atoms with E-state index in [1.54, 1.807) is 66.7 Å². The van der Waals surface area contributed by atoms with Crippen molar-refractivity contribution in [2.24, 2.45) is 0 Å². The van der Waals surface area contributed by atoms with Gasteiger partial charge >= 0.3 is 0 Å². The first-order valence-corrected chi connectivity index (χ1v) is 10.7. The molecule has 0 aliphatic carbocycles. The Bertz CT molecular complexity index is 1260. The van der Waals surface area contributed by atoms with Crippen LogP contribution in [0.1, 0.15) is 27.1 Å². The summed E-state index contributed by atoms with van der Waals surface area (Å²) >= 11 is 6.03. The molecule has 3 aromatic carbocycles. The largest absolute Gasteiger partial charge is 0.496 e. The summed E-state index contributed by atoms with van der Waals surface area (Å²) in [7, 11) is 1.41. The minimum atomic E-state index is -1.27. The molecular formula is C25H20ClN3O5. The van der Waals surface area contributed by atoms with Gasteiger partial charge in [-0.1, -0.05) is 48.0 Å². The molecule has 3 aromatic rings. The van der Waals surface area contributed by atoms with Crippen LogP contribution in [0.5, 0.6) is 5.75 Å². The number of halogens is 1. The molecule has 0 radical (unpaired) electrons. The van der Waals surface area contributed by atoms with Gasteiger partial charge in [0, 0.05) is 10.6 Å². The zero-order chi connectivity index (χ0) is 24.2. The Morgan fingerprint density at radius 2 is 1.71 bits per heavy atom. The molecule has 1 aliphatic heterocycles. The maximum atomic E-state index is 13.6. The Morgan fingerprint density at radius 3 is 2.41 bits per heavy atom. The second-order valence-corrected chi connectivity index (χ2v) is 7.89. The smallest absolute Gasteiger partial charge is 0.276 e. The molecule has 4 amide bonds. The Balaban J connectivity index is 1.71. The van der Waals surface area contributed by atoms with Crippen molar-refractivity contribution in [3.05, 3.63) is 95.0 Å². The number of hydrazine groups is 1. The second kappa shape index (κ2) is 9.76. The standard InChI is InChI=1S/C25H20ClN3O5/c1-34-21-13-6-5-12-19(21)24(32)29(27-23(31)16-8-3-2-4-9-16)20-15-22(30)28(25(20)33)18-11-7-10-17(26)14-18/h2-14,20H,15H2,1H3,(H,27,31). The third-order valence-electron chi connectivity index (χ3n) is 5.32. The highest BCUT2D eigenvalue weighted by Crippen LogP contribution is 2.29. The van der Waals surface area contributed by atoms with Crippen molar-refractivity contribution >= 4 is 40.9 Å². The highest BCUT2D eigenvalue weighted by molar-refractivity contribution is 6.31. The second-order valence-electron chi connectivity index (χ2n) is 7.45. The molecule has 1 heterocycles. The first-order valence-electron chi connectivity index (χ1n) is 10.4. The maximum absolute atomic E-state index is 13.6. The fourth-order valence-electron chi connectivity index (χ4n) is 3.69. The molecule has 0 saturated carbocycles. The molecule has 1 unspecified atom stereocenters. The molecule has 1 N–H and O–H groups in total. The zero-order valence-corrected chi connectivity index (χ0v) is 18.9. The van der Waals surface area contributed by atoms with Crippen LogP contribution in [0.25, 0.3) is 0 Å². The summed E-state index contributed by atoms with van der Waals surface area (Å²) in [4.78, 5) is 53.6. The summed E-state index contributed by atoms with van der Waals surface area (Å²) in [6.07, 6.45) is -0.318. The molecule has 8 nitrogen and oxygen atoms in total. The number of anilines is 1. The number of nitrogens with zero attached hydrogens (tertiary/aromatic N) is 2. The first-order chi connectivity index (χ1) is 16.4. The van der Waals surface area contributed by atoms with E-state index >= 15 is 0 Å². The van der Waals surface area contributed by atoms with Gasteiger partial charge in [-0.15, -0.1) is 0 Å². The summed E-state index contributed by atoms with van der Waals surface area (Å²) in [5, 5.41) is 1.25. The number of rotatable bonds is 5. The number of carbonyl (C=O) groups is 4.